The number of hydrogen-bond donors (Lipinski definition) is 1. The van der Waals surface area contributed by atoms with Gasteiger partial charge in [-0.1, -0.05) is 0 Å². The average Bonchev–Trinajstić information content (AvgIpc) is 3.56. The van der Waals surface area contributed by atoms with Crippen LogP contribution in [0.5, 0.6) is 0 Å². The fourth-order valence-corrected chi connectivity index (χ4v) is 6.45. The van der Waals surface area contributed by atoms with Gasteiger partial charge in [0.05, 0.1) is 11.9 Å². The van der Waals surface area contributed by atoms with E-state index in [9.17, 15) is 26.4 Å². The molecule has 3 atom stereocenters. The van der Waals surface area contributed by atoms with Gasteiger partial charge in [-0.2, -0.15) is 0 Å². The second-order valence-corrected chi connectivity index (χ2v) is 13.2. The molecule has 0 aromatic heterocycles. The van der Waals surface area contributed by atoms with Gasteiger partial charge in [-0.05, 0) is 74.9 Å². The highest BCUT2D eigenvalue weighted by atomic mass is 32.2. The maximum absolute atomic E-state index is 15.7. The Kier molecular flexibility index (Phi) is 7.06. The summed E-state index contributed by atoms with van der Waals surface area (Å²) in [6.07, 6.45) is 1.53. The van der Waals surface area contributed by atoms with Gasteiger partial charge in [0, 0.05) is 42.1 Å². The van der Waals surface area contributed by atoms with Crippen molar-refractivity contribution in [1.82, 2.24) is 9.62 Å². The van der Waals surface area contributed by atoms with Crippen LogP contribution in [0.15, 0.2) is 30.3 Å². The highest BCUT2D eigenvalue weighted by molar-refractivity contribution is 7.90. The molecule has 206 valence electrons. The third-order valence-electron chi connectivity index (χ3n) is 7.99. The fraction of sp³-hybridized carbons (Fsp3) is 0.519. The minimum absolute atomic E-state index is 0.0702. The lowest BCUT2D eigenvalue weighted by molar-refractivity contribution is -0.162. The second kappa shape index (κ2) is 9.91. The molecule has 6 nitrogen and oxygen atoms in total. The number of likely N-dealkylation sites (tertiary alicyclic amines) is 1. The number of carbonyl (C=O) groups excluding carboxylic acids is 1. The maximum atomic E-state index is 15.7. The Hall–Kier alpha value is -2.50. The number of benzene rings is 2. The first-order valence-electron chi connectivity index (χ1n) is 12.8. The molecule has 3 fully saturated rings. The normalized spacial score (nSPS) is 24.5. The molecule has 0 radical (unpaired) electrons. The van der Waals surface area contributed by atoms with Crippen LogP contribution in [0.25, 0.3) is 11.1 Å². The van der Waals surface area contributed by atoms with E-state index in [2.05, 4.69) is 4.72 Å². The molecular formula is C27H30F4N2O4S. The van der Waals surface area contributed by atoms with Gasteiger partial charge >= 0.3 is 0 Å². The molecule has 38 heavy (non-hydrogen) atoms. The van der Waals surface area contributed by atoms with E-state index in [-0.39, 0.29) is 42.0 Å². The average molecular weight is 555 g/mol. The Balaban J connectivity index is 1.50. The number of rotatable bonds is 7. The van der Waals surface area contributed by atoms with E-state index in [0.717, 1.165) is 37.1 Å². The largest absolute Gasteiger partial charge is 0.368 e. The van der Waals surface area contributed by atoms with Gasteiger partial charge in [0.2, 0.25) is 10.0 Å². The molecule has 1 aliphatic carbocycles. The van der Waals surface area contributed by atoms with E-state index >= 15 is 4.39 Å². The van der Waals surface area contributed by atoms with Crippen molar-refractivity contribution in [2.75, 3.05) is 13.2 Å². The van der Waals surface area contributed by atoms with Gasteiger partial charge in [0.25, 0.3) is 5.91 Å². The smallest absolute Gasteiger partial charge is 0.252 e. The molecule has 0 bridgehead atoms. The third-order valence-corrected chi connectivity index (χ3v) is 9.85. The Labute approximate surface area is 219 Å². The summed E-state index contributed by atoms with van der Waals surface area (Å²) in [4.78, 5) is 15.0. The molecule has 1 N–H and O–H groups in total. The zero-order valence-electron chi connectivity index (χ0n) is 21.1. The zero-order chi connectivity index (χ0) is 27.4. The monoisotopic (exact) mass is 554 g/mol. The van der Waals surface area contributed by atoms with Crippen molar-refractivity contribution in [3.8, 4) is 11.1 Å². The lowest BCUT2D eigenvalue weighted by Crippen LogP contribution is -2.61. The molecule has 2 saturated heterocycles. The zero-order valence-corrected chi connectivity index (χ0v) is 22.0. The molecule has 11 heteroatoms. The summed E-state index contributed by atoms with van der Waals surface area (Å²) >= 11 is 0. The van der Waals surface area contributed by atoms with E-state index in [1.54, 1.807) is 18.7 Å². The molecule has 1 saturated carbocycles. The van der Waals surface area contributed by atoms with Crippen LogP contribution in [0, 0.1) is 28.7 Å². The number of amides is 1. The van der Waals surface area contributed by atoms with Crippen LogP contribution in [0.4, 0.5) is 17.6 Å². The van der Waals surface area contributed by atoms with Crippen molar-refractivity contribution in [2.24, 2.45) is 5.41 Å². The molecule has 0 unspecified atom stereocenters. The summed E-state index contributed by atoms with van der Waals surface area (Å²) in [6, 6.07) is 3.24. The molecule has 3 aliphatic rings. The minimum Gasteiger partial charge on any atom is -0.368 e. The van der Waals surface area contributed by atoms with Crippen molar-refractivity contribution in [2.45, 2.75) is 69.4 Å². The van der Waals surface area contributed by atoms with Crippen molar-refractivity contribution < 1.29 is 35.5 Å². The van der Waals surface area contributed by atoms with Crippen LogP contribution in [0.3, 0.4) is 0 Å². The van der Waals surface area contributed by atoms with Crippen LogP contribution >= 0.6 is 0 Å². The first kappa shape index (κ1) is 27.1. The van der Waals surface area contributed by atoms with Crippen molar-refractivity contribution in [1.29, 1.82) is 0 Å². The summed E-state index contributed by atoms with van der Waals surface area (Å²) in [5.74, 6) is -3.75. The molecule has 2 aliphatic heterocycles. The fourth-order valence-electron chi connectivity index (χ4n) is 5.44. The molecule has 2 aromatic rings. The van der Waals surface area contributed by atoms with E-state index in [1.807, 2.05) is 0 Å². The molecule has 1 amide bonds. The van der Waals surface area contributed by atoms with Gasteiger partial charge in [0.15, 0.2) is 0 Å². The molecule has 2 aromatic carbocycles. The van der Waals surface area contributed by atoms with Gasteiger partial charge < -0.3 is 9.64 Å². The highest BCUT2D eigenvalue weighted by Gasteiger charge is 2.57. The molecule has 2 heterocycles. The van der Waals surface area contributed by atoms with E-state index in [4.69, 9.17) is 4.74 Å². The summed E-state index contributed by atoms with van der Waals surface area (Å²) in [6.45, 7) is 3.89. The SMILES string of the molecule is CC(C)S(=O)(=O)N[C@@H]1C[C@H](Cc2cc(F)cc(-c3cc(F)cc(F)c3)c2F)N(C(=O)[C@H]2CCO2)CC12CC2. The summed E-state index contributed by atoms with van der Waals surface area (Å²) in [7, 11) is -3.62. The van der Waals surface area contributed by atoms with Crippen LogP contribution in [0.2, 0.25) is 0 Å². The van der Waals surface area contributed by atoms with Gasteiger partial charge in [-0.3, -0.25) is 4.79 Å². The number of sulfonamides is 1. The lowest BCUT2D eigenvalue weighted by atomic mass is 9.82. The van der Waals surface area contributed by atoms with Gasteiger partial charge in [0.1, 0.15) is 29.4 Å². The Morgan fingerprint density at radius 3 is 2.26 bits per heavy atom. The summed E-state index contributed by atoms with van der Waals surface area (Å²) in [5.41, 5.74) is -0.938. The van der Waals surface area contributed by atoms with Crippen LogP contribution in [-0.2, 0) is 26.0 Å². The van der Waals surface area contributed by atoms with Crippen LogP contribution < -0.4 is 4.72 Å². The standard InChI is InChI=1S/C27H30F4N2O4S/c1-15(2)38(35,36)32-24-13-21(33(14-27(24)4-5-27)26(34)23-3-6-37-23)10-17-9-20(30)12-22(25(17)31)16-7-18(28)11-19(29)8-16/h7-9,11-12,15,21,23-24,32H,3-6,10,13-14H2,1-2H3/t21-,23+,24+/m0/s1. The molecular weight excluding hydrogens is 524 g/mol. The third kappa shape index (κ3) is 5.20. The minimum atomic E-state index is -3.62. The van der Waals surface area contributed by atoms with Crippen molar-refractivity contribution in [3.05, 3.63) is 59.2 Å². The second-order valence-electron chi connectivity index (χ2n) is 10.9. The number of nitrogens with one attached hydrogen (secondary N) is 1. The first-order valence-corrected chi connectivity index (χ1v) is 14.3. The maximum Gasteiger partial charge on any atom is 0.252 e. The van der Waals surface area contributed by atoms with Crippen molar-refractivity contribution >= 4 is 15.9 Å². The number of ether oxygens (including phenoxy) is 1. The van der Waals surface area contributed by atoms with E-state index in [0.29, 0.717) is 19.1 Å². The van der Waals surface area contributed by atoms with Crippen molar-refractivity contribution in [3.63, 3.8) is 0 Å². The number of piperidine rings is 1. The molecule has 5 rings (SSSR count). The Morgan fingerprint density at radius 2 is 1.71 bits per heavy atom. The summed E-state index contributed by atoms with van der Waals surface area (Å²) < 4.78 is 91.7. The number of halogens is 4. The predicted octanol–water partition coefficient (Wildman–Crippen LogP) is 4.32. The predicted molar refractivity (Wildman–Crippen MR) is 133 cm³/mol. The Bertz CT molecular complexity index is 1340. The molecule has 1 spiro atoms. The highest BCUT2D eigenvalue weighted by Crippen LogP contribution is 2.54. The van der Waals surface area contributed by atoms with Gasteiger partial charge in [-0.15, -0.1) is 0 Å². The van der Waals surface area contributed by atoms with E-state index in [1.165, 1.54) is 0 Å². The lowest BCUT2D eigenvalue weighted by Gasteiger charge is -2.47. The van der Waals surface area contributed by atoms with Crippen LogP contribution in [0.1, 0.15) is 45.1 Å². The topological polar surface area (TPSA) is 75.7 Å². The summed E-state index contributed by atoms with van der Waals surface area (Å²) in [5, 5.41) is -0.658. The van der Waals surface area contributed by atoms with Gasteiger partial charge in [-0.25, -0.2) is 30.7 Å². The first-order chi connectivity index (χ1) is 17.9. The Morgan fingerprint density at radius 1 is 1.08 bits per heavy atom. The van der Waals surface area contributed by atoms with E-state index < -0.39 is 62.1 Å². The number of nitrogens with zero attached hydrogens (tertiary/aromatic N) is 1. The quantitative estimate of drug-likeness (QED) is 0.518. The van der Waals surface area contributed by atoms with Crippen LogP contribution in [-0.4, -0.2) is 55.8 Å². The number of carbonyl (C=O) groups is 1. The number of hydrogen-bond acceptors (Lipinski definition) is 4.